The van der Waals surface area contributed by atoms with Gasteiger partial charge in [-0.25, -0.2) is 0 Å². The highest BCUT2D eigenvalue weighted by Gasteiger charge is 2.26. The van der Waals surface area contributed by atoms with Crippen molar-refractivity contribution in [2.24, 2.45) is 0 Å². The average molecular weight is 298 g/mol. The molecule has 1 aliphatic carbocycles. The monoisotopic (exact) mass is 297 g/mol. The number of halogens is 1. The number of rotatable bonds is 4. The van der Waals surface area contributed by atoms with Crippen LogP contribution in [0.4, 0.5) is 0 Å². The third-order valence-corrected chi connectivity index (χ3v) is 4.20. The van der Waals surface area contributed by atoms with Gasteiger partial charge < -0.3 is 15.2 Å². The summed E-state index contributed by atoms with van der Waals surface area (Å²) in [7, 11) is 0. The number of hydrogen-bond donors (Lipinski definition) is 2. The van der Waals surface area contributed by atoms with E-state index in [1.54, 1.807) is 0 Å². The lowest BCUT2D eigenvalue weighted by atomic mass is 10.1. The minimum absolute atomic E-state index is 0.0519. The number of carbonyl (C=O) groups excluding carboxylic acids is 1. The van der Waals surface area contributed by atoms with E-state index >= 15 is 0 Å². The van der Waals surface area contributed by atoms with Gasteiger partial charge in [-0.3, -0.25) is 4.79 Å². The number of amides is 1. The largest absolute Gasteiger partial charge is 0.484 e. The van der Waals surface area contributed by atoms with Crippen molar-refractivity contribution >= 4 is 17.5 Å². The molecule has 2 N–H and O–H groups in total. The van der Waals surface area contributed by atoms with Crippen LogP contribution in [0.25, 0.3) is 0 Å². The lowest BCUT2D eigenvalue weighted by Gasteiger charge is -2.16. The molecule has 2 atom stereocenters. The predicted octanol–water partition coefficient (Wildman–Crippen LogP) is 2.37. The number of hydrogen-bond acceptors (Lipinski definition) is 3. The molecular weight excluding hydrogens is 278 g/mol. The van der Waals surface area contributed by atoms with Crippen molar-refractivity contribution in [3.8, 4) is 5.75 Å². The Morgan fingerprint density at radius 3 is 2.60 bits per heavy atom. The Bertz CT molecular complexity index is 481. The SMILES string of the molecule is Cc1cc(OCC(=O)NC2CCCC2O)cc(C)c1Cl. The van der Waals surface area contributed by atoms with Crippen molar-refractivity contribution in [3.63, 3.8) is 0 Å². The van der Waals surface area contributed by atoms with Crippen LogP contribution >= 0.6 is 11.6 Å². The van der Waals surface area contributed by atoms with Crippen LogP contribution in [0.15, 0.2) is 12.1 Å². The summed E-state index contributed by atoms with van der Waals surface area (Å²) in [4.78, 5) is 11.8. The molecule has 4 nitrogen and oxygen atoms in total. The second-order valence-electron chi connectivity index (χ2n) is 5.33. The topological polar surface area (TPSA) is 58.6 Å². The van der Waals surface area contributed by atoms with Gasteiger partial charge in [0.25, 0.3) is 5.91 Å². The fourth-order valence-corrected chi connectivity index (χ4v) is 2.60. The average Bonchev–Trinajstić information content (AvgIpc) is 2.79. The molecule has 0 aliphatic heterocycles. The van der Waals surface area contributed by atoms with Crippen molar-refractivity contribution in [3.05, 3.63) is 28.3 Å². The standard InChI is InChI=1S/C15H20ClNO3/c1-9-6-11(7-10(2)15(9)16)20-8-14(19)17-12-4-3-5-13(12)18/h6-7,12-13,18H,3-5,8H2,1-2H3,(H,17,19). The van der Waals surface area contributed by atoms with Crippen molar-refractivity contribution in [1.29, 1.82) is 0 Å². The zero-order chi connectivity index (χ0) is 14.7. The zero-order valence-corrected chi connectivity index (χ0v) is 12.5. The van der Waals surface area contributed by atoms with Gasteiger partial charge in [0.1, 0.15) is 5.75 Å². The van der Waals surface area contributed by atoms with E-state index in [1.807, 2.05) is 26.0 Å². The summed E-state index contributed by atoms with van der Waals surface area (Å²) in [5, 5.41) is 13.2. The summed E-state index contributed by atoms with van der Waals surface area (Å²) in [6.07, 6.45) is 2.09. The molecule has 1 saturated carbocycles. The van der Waals surface area contributed by atoms with Crippen LogP contribution in [0, 0.1) is 13.8 Å². The second-order valence-corrected chi connectivity index (χ2v) is 5.71. The molecule has 0 heterocycles. The van der Waals surface area contributed by atoms with Crippen molar-refractivity contribution in [2.45, 2.75) is 45.3 Å². The lowest BCUT2D eigenvalue weighted by molar-refractivity contribution is -0.124. The molecule has 1 fully saturated rings. The Morgan fingerprint density at radius 1 is 1.40 bits per heavy atom. The third kappa shape index (κ3) is 3.64. The highest BCUT2D eigenvalue weighted by atomic mass is 35.5. The van der Waals surface area contributed by atoms with Crippen LogP contribution in [0.1, 0.15) is 30.4 Å². The third-order valence-electron chi connectivity index (χ3n) is 3.61. The van der Waals surface area contributed by atoms with E-state index in [0.29, 0.717) is 5.75 Å². The molecule has 1 amide bonds. The van der Waals surface area contributed by atoms with Gasteiger partial charge in [0, 0.05) is 5.02 Å². The molecule has 110 valence electrons. The summed E-state index contributed by atoms with van der Waals surface area (Å²) in [6, 6.07) is 3.49. The Kier molecular flexibility index (Phi) is 4.89. The molecule has 1 aromatic rings. The first-order valence-corrected chi connectivity index (χ1v) is 7.22. The van der Waals surface area contributed by atoms with E-state index in [9.17, 15) is 9.90 Å². The maximum Gasteiger partial charge on any atom is 0.258 e. The molecule has 5 heteroatoms. The molecule has 0 aromatic heterocycles. The number of aliphatic hydroxyl groups is 1. The Labute approximate surface area is 124 Å². The maximum absolute atomic E-state index is 11.8. The fourth-order valence-electron chi connectivity index (χ4n) is 2.50. The highest BCUT2D eigenvalue weighted by molar-refractivity contribution is 6.32. The fraction of sp³-hybridized carbons (Fsp3) is 0.533. The molecule has 0 spiro atoms. The molecule has 20 heavy (non-hydrogen) atoms. The lowest BCUT2D eigenvalue weighted by Crippen LogP contribution is -2.42. The summed E-state index contributed by atoms with van der Waals surface area (Å²) in [5.74, 6) is 0.424. The molecule has 0 bridgehead atoms. The normalized spacial score (nSPS) is 21.8. The van der Waals surface area contributed by atoms with Crippen LogP contribution in [-0.4, -0.2) is 29.8 Å². The molecular formula is C15H20ClNO3. The first-order valence-electron chi connectivity index (χ1n) is 6.84. The Hall–Kier alpha value is -1.26. The van der Waals surface area contributed by atoms with Gasteiger partial charge in [0.2, 0.25) is 0 Å². The van der Waals surface area contributed by atoms with Crippen LogP contribution in [0.3, 0.4) is 0 Å². The number of ether oxygens (including phenoxy) is 1. The van der Waals surface area contributed by atoms with Crippen molar-refractivity contribution in [1.82, 2.24) is 5.32 Å². The highest BCUT2D eigenvalue weighted by Crippen LogP contribution is 2.25. The summed E-state index contributed by atoms with van der Waals surface area (Å²) < 4.78 is 5.48. The first kappa shape index (κ1) is 15.1. The zero-order valence-electron chi connectivity index (χ0n) is 11.8. The first-order chi connectivity index (χ1) is 9.47. The number of benzene rings is 1. The van der Waals surface area contributed by atoms with Gasteiger partial charge >= 0.3 is 0 Å². The van der Waals surface area contributed by atoms with Gasteiger partial charge in [0.15, 0.2) is 6.61 Å². The van der Waals surface area contributed by atoms with Crippen LogP contribution in [-0.2, 0) is 4.79 Å². The Balaban J connectivity index is 1.87. The molecule has 2 rings (SSSR count). The molecule has 0 saturated heterocycles. The molecule has 0 radical (unpaired) electrons. The van der Waals surface area contributed by atoms with E-state index in [-0.39, 0.29) is 18.6 Å². The van der Waals surface area contributed by atoms with E-state index in [1.165, 1.54) is 0 Å². The van der Waals surface area contributed by atoms with Crippen LogP contribution < -0.4 is 10.1 Å². The van der Waals surface area contributed by atoms with Gasteiger partial charge in [-0.05, 0) is 56.4 Å². The Morgan fingerprint density at radius 2 is 2.05 bits per heavy atom. The van der Waals surface area contributed by atoms with Gasteiger partial charge in [-0.15, -0.1) is 0 Å². The summed E-state index contributed by atoms with van der Waals surface area (Å²) in [6.45, 7) is 3.75. The van der Waals surface area contributed by atoms with Crippen molar-refractivity contribution < 1.29 is 14.6 Å². The van der Waals surface area contributed by atoms with Crippen molar-refractivity contribution in [2.75, 3.05) is 6.61 Å². The van der Waals surface area contributed by atoms with Crippen LogP contribution in [0.5, 0.6) is 5.75 Å². The minimum atomic E-state index is -0.432. The summed E-state index contributed by atoms with van der Waals surface area (Å²) >= 11 is 6.08. The number of nitrogens with one attached hydrogen (secondary N) is 1. The maximum atomic E-state index is 11.8. The number of aryl methyl sites for hydroxylation is 2. The van der Waals surface area contributed by atoms with Crippen LogP contribution in [0.2, 0.25) is 5.02 Å². The van der Waals surface area contributed by atoms with E-state index < -0.39 is 6.10 Å². The van der Waals surface area contributed by atoms with Gasteiger partial charge in [-0.2, -0.15) is 0 Å². The predicted molar refractivity (Wildman–Crippen MR) is 78.2 cm³/mol. The molecule has 1 aromatic carbocycles. The smallest absolute Gasteiger partial charge is 0.258 e. The summed E-state index contributed by atoms with van der Waals surface area (Å²) in [5.41, 5.74) is 1.85. The van der Waals surface area contributed by atoms with E-state index in [4.69, 9.17) is 16.3 Å². The van der Waals surface area contributed by atoms with Gasteiger partial charge in [0.05, 0.1) is 12.1 Å². The number of aliphatic hydroxyl groups excluding tert-OH is 1. The quantitative estimate of drug-likeness (QED) is 0.897. The molecule has 1 aliphatic rings. The number of carbonyl (C=O) groups is 1. The second kappa shape index (κ2) is 6.46. The van der Waals surface area contributed by atoms with E-state index in [2.05, 4.69) is 5.32 Å². The van der Waals surface area contributed by atoms with E-state index in [0.717, 1.165) is 35.4 Å². The molecule has 2 unspecified atom stereocenters. The minimum Gasteiger partial charge on any atom is -0.484 e. The van der Waals surface area contributed by atoms with Gasteiger partial charge in [-0.1, -0.05) is 11.6 Å².